The highest BCUT2D eigenvalue weighted by molar-refractivity contribution is 5.84. The zero-order valence-corrected chi connectivity index (χ0v) is 16.0. The maximum Gasteiger partial charge on any atom is 0.300 e. The summed E-state index contributed by atoms with van der Waals surface area (Å²) in [5, 5.41) is 47.0. The second-order valence-corrected chi connectivity index (χ2v) is 6.35. The highest BCUT2D eigenvalue weighted by Crippen LogP contribution is 2.25. The number of aromatic amines is 1. The predicted molar refractivity (Wildman–Crippen MR) is 107 cm³/mol. The first-order valence-corrected chi connectivity index (χ1v) is 9.01. The van der Waals surface area contributed by atoms with Gasteiger partial charge in [0.25, 0.3) is 5.97 Å². The van der Waals surface area contributed by atoms with Crippen molar-refractivity contribution in [2.45, 2.75) is 19.4 Å². The minimum Gasteiger partial charge on any atom is -0.504 e. The molecule has 0 spiro atoms. The van der Waals surface area contributed by atoms with Crippen LogP contribution in [0.3, 0.4) is 0 Å². The van der Waals surface area contributed by atoms with Gasteiger partial charge in [-0.3, -0.25) is 9.89 Å². The number of aliphatic hydroxyl groups is 1. The molecule has 1 atom stereocenters. The van der Waals surface area contributed by atoms with Gasteiger partial charge in [0.1, 0.15) is 18.5 Å². The molecule has 0 amide bonds. The molecule has 9 nitrogen and oxygen atoms in total. The third-order valence-corrected chi connectivity index (χ3v) is 3.89. The van der Waals surface area contributed by atoms with Crippen LogP contribution in [-0.4, -0.2) is 62.4 Å². The number of rotatable bonds is 8. The van der Waals surface area contributed by atoms with Crippen molar-refractivity contribution in [3.05, 3.63) is 48.2 Å². The highest BCUT2D eigenvalue weighted by Gasteiger charge is 2.08. The van der Waals surface area contributed by atoms with E-state index >= 15 is 0 Å². The zero-order chi connectivity index (χ0) is 21.2. The van der Waals surface area contributed by atoms with Crippen molar-refractivity contribution in [2.75, 3.05) is 19.7 Å². The Morgan fingerprint density at radius 3 is 2.72 bits per heavy atom. The number of hydrogen-bond donors (Lipinski definition) is 6. The number of hydrogen-bond acceptors (Lipinski definition) is 7. The van der Waals surface area contributed by atoms with Crippen LogP contribution in [0, 0.1) is 0 Å². The average molecular weight is 403 g/mol. The second-order valence-electron chi connectivity index (χ2n) is 6.35. The van der Waals surface area contributed by atoms with Crippen molar-refractivity contribution in [3.8, 4) is 17.2 Å². The van der Waals surface area contributed by atoms with E-state index in [0.29, 0.717) is 25.3 Å². The summed E-state index contributed by atoms with van der Waals surface area (Å²) in [5.41, 5.74) is 1.79. The molecule has 0 aliphatic heterocycles. The monoisotopic (exact) mass is 403 g/mol. The number of nitrogens with one attached hydrogen (secondary N) is 2. The van der Waals surface area contributed by atoms with E-state index in [1.807, 2.05) is 18.2 Å². The molecule has 0 saturated carbocycles. The maximum absolute atomic E-state index is 10.0. The Hall–Kier alpha value is -3.30. The first kappa shape index (κ1) is 22.0. The Labute approximate surface area is 167 Å². The van der Waals surface area contributed by atoms with Gasteiger partial charge in [-0.15, -0.1) is 0 Å². The molecule has 1 unspecified atom stereocenters. The summed E-state index contributed by atoms with van der Waals surface area (Å²) in [6.07, 6.45) is 1.73. The molecular formula is C20H25N3O6. The van der Waals surface area contributed by atoms with Gasteiger partial charge in [-0.1, -0.05) is 12.1 Å². The number of nitrogens with zero attached hydrogens (tertiary/aromatic N) is 1. The third kappa shape index (κ3) is 7.32. The van der Waals surface area contributed by atoms with Gasteiger partial charge >= 0.3 is 0 Å². The molecule has 0 aliphatic rings. The Morgan fingerprint density at radius 2 is 2.00 bits per heavy atom. The summed E-state index contributed by atoms with van der Waals surface area (Å²) >= 11 is 0. The molecule has 0 fully saturated rings. The normalized spacial score (nSPS) is 11.5. The topological polar surface area (TPSA) is 148 Å². The molecule has 29 heavy (non-hydrogen) atoms. The van der Waals surface area contributed by atoms with Gasteiger partial charge < -0.3 is 30.5 Å². The van der Waals surface area contributed by atoms with Crippen LogP contribution < -0.4 is 10.1 Å². The Kier molecular flexibility index (Phi) is 8.26. The van der Waals surface area contributed by atoms with Crippen LogP contribution in [0.25, 0.3) is 10.9 Å². The van der Waals surface area contributed by atoms with Crippen LogP contribution in [0.1, 0.15) is 12.5 Å². The van der Waals surface area contributed by atoms with Crippen LogP contribution in [0.4, 0.5) is 0 Å². The summed E-state index contributed by atoms with van der Waals surface area (Å²) in [4.78, 5) is 9.00. The van der Waals surface area contributed by atoms with Gasteiger partial charge in [0.15, 0.2) is 11.5 Å². The molecule has 0 aliphatic carbocycles. The fraction of sp³-hybridized carbons (Fsp3) is 0.300. The standard InChI is InChI=1S/C18H21N3O4.C2H4O2/c22-13(9-19-7-6-12-4-5-16(23)17(24)8-12)11-25-18-3-1-2-15-14(18)10-20-21-15;1-2(3)4/h1-5,8,10,13,19,22-24H,6-7,9,11H2,(H,20,21);1H3,(H,3,4). The summed E-state index contributed by atoms with van der Waals surface area (Å²) < 4.78 is 5.67. The number of phenols is 2. The number of carboxylic acid groups (broad SMARTS) is 1. The molecule has 9 heteroatoms. The van der Waals surface area contributed by atoms with E-state index in [0.717, 1.165) is 23.4 Å². The molecule has 0 saturated heterocycles. The van der Waals surface area contributed by atoms with E-state index in [4.69, 9.17) is 14.6 Å². The number of carboxylic acids is 1. The van der Waals surface area contributed by atoms with Crippen LogP contribution in [0.15, 0.2) is 42.6 Å². The number of ether oxygens (including phenoxy) is 1. The lowest BCUT2D eigenvalue weighted by atomic mass is 10.1. The summed E-state index contributed by atoms with van der Waals surface area (Å²) in [5.74, 6) is -0.402. The van der Waals surface area contributed by atoms with E-state index in [2.05, 4.69) is 15.5 Å². The van der Waals surface area contributed by atoms with E-state index in [1.165, 1.54) is 12.1 Å². The molecule has 1 heterocycles. The molecule has 0 radical (unpaired) electrons. The van der Waals surface area contributed by atoms with Crippen molar-refractivity contribution >= 4 is 16.9 Å². The Bertz CT molecular complexity index is 923. The molecule has 0 bridgehead atoms. The minimum atomic E-state index is -0.833. The van der Waals surface area contributed by atoms with Gasteiger partial charge in [-0.2, -0.15) is 5.10 Å². The lowest BCUT2D eigenvalue weighted by molar-refractivity contribution is -0.134. The average Bonchev–Trinajstić information content (AvgIpc) is 3.15. The lowest BCUT2D eigenvalue weighted by Crippen LogP contribution is -2.32. The maximum atomic E-state index is 10.0. The molecule has 2 aromatic carbocycles. The first-order chi connectivity index (χ1) is 13.9. The van der Waals surface area contributed by atoms with Crippen molar-refractivity contribution in [1.29, 1.82) is 0 Å². The van der Waals surface area contributed by atoms with Gasteiger partial charge in [0.2, 0.25) is 0 Å². The third-order valence-electron chi connectivity index (χ3n) is 3.89. The molecule has 156 valence electrons. The number of benzene rings is 2. The number of aliphatic hydroxyl groups excluding tert-OH is 1. The van der Waals surface area contributed by atoms with Crippen LogP contribution in [-0.2, 0) is 11.2 Å². The van der Waals surface area contributed by atoms with Crippen LogP contribution >= 0.6 is 0 Å². The Morgan fingerprint density at radius 1 is 1.24 bits per heavy atom. The number of aromatic nitrogens is 2. The van der Waals surface area contributed by atoms with Gasteiger partial charge in [0, 0.05) is 13.5 Å². The van der Waals surface area contributed by atoms with E-state index in [1.54, 1.807) is 12.3 Å². The van der Waals surface area contributed by atoms with Gasteiger partial charge in [-0.05, 0) is 42.8 Å². The quantitative estimate of drug-likeness (QED) is 0.246. The SMILES string of the molecule is CC(=O)O.Oc1ccc(CCNCC(O)COc2cccc3[nH]ncc23)cc1O. The zero-order valence-electron chi connectivity index (χ0n) is 16.0. The number of H-pyrrole nitrogens is 1. The molecule has 6 N–H and O–H groups in total. The Balaban J connectivity index is 0.000000687. The van der Waals surface area contributed by atoms with Crippen LogP contribution in [0.2, 0.25) is 0 Å². The highest BCUT2D eigenvalue weighted by atomic mass is 16.5. The fourth-order valence-corrected chi connectivity index (χ4v) is 2.54. The fourth-order valence-electron chi connectivity index (χ4n) is 2.54. The number of aliphatic carboxylic acids is 1. The first-order valence-electron chi connectivity index (χ1n) is 9.01. The number of phenolic OH excluding ortho intramolecular Hbond substituents is 2. The molecule has 1 aromatic heterocycles. The van der Waals surface area contributed by atoms with E-state index in [-0.39, 0.29) is 18.1 Å². The summed E-state index contributed by atoms with van der Waals surface area (Å²) in [7, 11) is 0. The number of carbonyl (C=O) groups is 1. The summed E-state index contributed by atoms with van der Waals surface area (Å²) in [6.45, 7) is 2.29. The van der Waals surface area contributed by atoms with Crippen molar-refractivity contribution < 1.29 is 30.0 Å². The lowest BCUT2D eigenvalue weighted by Gasteiger charge is -2.14. The molecular weight excluding hydrogens is 378 g/mol. The largest absolute Gasteiger partial charge is 0.504 e. The van der Waals surface area contributed by atoms with Crippen molar-refractivity contribution in [3.63, 3.8) is 0 Å². The second kappa shape index (κ2) is 10.9. The predicted octanol–water partition coefficient (Wildman–Crippen LogP) is 1.64. The van der Waals surface area contributed by atoms with Crippen molar-refractivity contribution in [1.82, 2.24) is 15.5 Å². The molecule has 3 rings (SSSR count). The number of aromatic hydroxyl groups is 2. The van der Waals surface area contributed by atoms with Crippen molar-refractivity contribution in [2.24, 2.45) is 0 Å². The van der Waals surface area contributed by atoms with Gasteiger partial charge in [-0.25, -0.2) is 0 Å². The van der Waals surface area contributed by atoms with E-state index in [9.17, 15) is 15.3 Å². The van der Waals surface area contributed by atoms with Crippen LogP contribution in [0.5, 0.6) is 17.2 Å². The van der Waals surface area contributed by atoms with Gasteiger partial charge in [0.05, 0.1) is 17.1 Å². The minimum absolute atomic E-state index is 0.126. The molecule has 3 aromatic rings. The van der Waals surface area contributed by atoms with E-state index < -0.39 is 12.1 Å². The summed E-state index contributed by atoms with van der Waals surface area (Å²) in [6, 6.07) is 10.4. The number of fused-ring (bicyclic) bond motifs is 1. The smallest absolute Gasteiger partial charge is 0.300 e.